The minimum absolute atomic E-state index is 0.571. The molecule has 0 bridgehead atoms. The van der Waals surface area contributed by atoms with E-state index in [-0.39, 0.29) is 0 Å². The SMILES string of the molecule is Cc1cccc(-c2ccccn2)c1OCc1ccc2c(c1)CCN(C1CCOCC1)C2. The third-order valence-corrected chi connectivity index (χ3v) is 6.56. The highest BCUT2D eigenvalue weighted by Crippen LogP contribution is 2.33. The Morgan fingerprint density at radius 2 is 1.94 bits per heavy atom. The molecule has 4 nitrogen and oxygen atoms in total. The van der Waals surface area contributed by atoms with Gasteiger partial charge in [-0.25, -0.2) is 0 Å². The van der Waals surface area contributed by atoms with Crippen molar-refractivity contribution in [2.45, 2.75) is 45.4 Å². The summed E-state index contributed by atoms with van der Waals surface area (Å²) in [6, 6.07) is 19.8. The van der Waals surface area contributed by atoms with Crippen molar-refractivity contribution in [2.24, 2.45) is 0 Å². The zero-order valence-electron chi connectivity index (χ0n) is 18.2. The van der Waals surface area contributed by atoms with Crippen LogP contribution in [0.1, 0.15) is 35.1 Å². The molecule has 4 heteroatoms. The molecule has 3 heterocycles. The molecule has 0 atom stereocenters. The monoisotopic (exact) mass is 414 g/mol. The highest BCUT2D eigenvalue weighted by atomic mass is 16.5. The zero-order chi connectivity index (χ0) is 21.0. The summed E-state index contributed by atoms with van der Waals surface area (Å²) in [6.45, 7) is 6.68. The number of fused-ring (bicyclic) bond motifs is 1. The van der Waals surface area contributed by atoms with Crippen molar-refractivity contribution in [3.63, 3.8) is 0 Å². The largest absolute Gasteiger partial charge is 0.488 e. The molecule has 2 aromatic carbocycles. The third-order valence-electron chi connectivity index (χ3n) is 6.56. The fourth-order valence-electron chi connectivity index (χ4n) is 4.80. The van der Waals surface area contributed by atoms with Gasteiger partial charge in [0, 0.05) is 44.1 Å². The second-order valence-corrected chi connectivity index (χ2v) is 8.62. The molecule has 0 saturated carbocycles. The van der Waals surface area contributed by atoms with Gasteiger partial charge in [0.05, 0.1) is 5.69 Å². The van der Waals surface area contributed by atoms with E-state index in [1.807, 2.05) is 24.4 Å². The molecule has 0 radical (unpaired) electrons. The maximum absolute atomic E-state index is 6.35. The highest BCUT2D eigenvalue weighted by molar-refractivity contribution is 5.69. The van der Waals surface area contributed by atoms with Crippen LogP contribution in [0.25, 0.3) is 11.3 Å². The number of hydrogen-bond donors (Lipinski definition) is 0. The van der Waals surface area contributed by atoms with E-state index in [1.54, 1.807) is 0 Å². The van der Waals surface area contributed by atoms with Crippen molar-refractivity contribution in [3.05, 3.63) is 83.0 Å². The maximum atomic E-state index is 6.35. The molecular weight excluding hydrogens is 384 g/mol. The van der Waals surface area contributed by atoms with Gasteiger partial charge >= 0.3 is 0 Å². The standard InChI is InChI=1S/C27H30N2O2/c1-20-5-4-6-25(26-7-2-3-13-28-26)27(20)31-19-21-8-9-23-18-29(14-10-22(23)17-21)24-11-15-30-16-12-24/h2-9,13,17,24H,10-12,14-16,18-19H2,1H3. The Morgan fingerprint density at radius 1 is 1.03 bits per heavy atom. The molecule has 0 unspecified atom stereocenters. The van der Waals surface area contributed by atoms with Gasteiger partial charge in [0.15, 0.2) is 0 Å². The molecule has 1 aromatic heterocycles. The average molecular weight is 415 g/mol. The molecule has 0 amide bonds. The van der Waals surface area contributed by atoms with Crippen LogP contribution in [0.3, 0.4) is 0 Å². The topological polar surface area (TPSA) is 34.6 Å². The van der Waals surface area contributed by atoms with Gasteiger partial charge in [-0.3, -0.25) is 9.88 Å². The lowest BCUT2D eigenvalue weighted by Crippen LogP contribution is -2.42. The maximum Gasteiger partial charge on any atom is 0.132 e. The Balaban J connectivity index is 1.30. The van der Waals surface area contributed by atoms with Crippen molar-refractivity contribution in [1.82, 2.24) is 9.88 Å². The number of hydrogen-bond acceptors (Lipinski definition) is 4. The minimum Gasteiger partial charge on any atom is -0.488 e. The Kier molecular flexibility index (Phi) is 6.01. The number of nitrogens with zero attached hydrogens (tertiary/aromatic N) is 2. The number of pyridine rings is 1. The molecular formula is C27H30N2O2. The first-order chi connectivity index (χ1) is 15.3. The Labute approximate surface area is 184 Å². The van der Waals surface area contributed by atoms with Crippen LogP contribution in [0.5, 0.6) is 5.75 Å². The van der Waals surface area contributed by atoms with Gasteiger partial charge in [-0.15, -0.1) is 0 Å². The lowest BCUT2D eigenvalue weighted by atomic mass is 9.95. The van der Waals surface area contributed by atoms with Crippen LogP contribution in [0.15, 0.2) is 60.8 Å². The van der Waals surface area contributed by atoms with E-state index >= 15 is 0 Å². The summed E-state index contributed by atoms with van der Waals surface area (Å²) in [5.41, 5.74) is 7.29. The summed E-state index contributed by atoms with van der Waals surface area (Å²) in [4.78, 5) is 7.16. The second-order valence-electron chi connectivity index (χ2n) is 8.62. The molecule has 160 valence electrons. The van der Waals surface area contributed by atoms with Gasteiger partial charge in [0.1, 0.15) is 12.4 Å². The highest BCUT2D eigenvalue weighted by Gasteiger charge is 2.25. The molecule has 2 aliphatic rings. The predicted molar refractivity (Wildman–Crippen MR) is 123 cm³/mol. The lowest BCUT2D eigenvalue weighted by molar-refractivity contribution is 0.0290. The fraction of sp³-hybridized carbons (Fsp3) is 0.370. The van der Waals surface area contributed by atoms with Crippen LogP contribution in [0.4, 0.5) is 0 Å². The van der Waals surface area contributed by atoms with Crippen LogP contribution >= 0.6 is 0 Å². The molecule has 3 aromatic rings. The normalized spacial score (nSPS) is 17.3. The van der Waals surface area contributed by atoms with E-state index in [9.17, 15) is 0 Å². The molecule has 31 heavy (non-hydrogen) atoms. The first-order valence-electron chi connectivity index (χ1n) is 11.3. The molecule has 2 aliphatic heterocycles. The summed E-state index contributed by atoms with van der Waals surface area (Å²) in [7, 11) is 0. The van der Waals surface area contributed by atoms with E-state index in [4.69, 9.17) is 9.47 Å². The van der Waals surface area contributed by atoms with Crippen LogP contribution in [-0.4, -0.2) is 35.7 Å². The summed E-state index contributed by atoms with van der Waals surface area (Å²) in [5, 5.41) is 0. The van der Waals surface area contributed by atoms with Gasteiger partial charge < -0.3 is 9.47 Å². The van der Waals surface area contributed by atoms with E-state index in [0.717, 1.165) is 68.1 Å². The smallest absolute Gasteiger partial charge is 0.132 e. The summed E-state index contributed by atoms with van der Waals surface area (Å²) < 4.78 is 11.9. The number of ether oxygens (including phenoxy) is 2. The summed E-state index contributed by atoms with van der Waals surface area (Å²) in [5.74, 6) is 0.921. The number of aryl methyl sites for hydroxylation is 1. The molecule has 1 fully saturated rings. The quantitative estimate of drug-likeness (QED) is 0.577. The van der Waals surface area contributed by atoms with Crippen molar-refractivity contribution >= 4 is 0 Å². The van der Waals surface area contributed by atoms with Gasteiger partial charge in [-0.1, -0.05) is 36.4 Å². The van der Waals surface area contributed by atoms with Gasteiger partial charge in [0.25, 0.3) is 0 Å². The third kappa shape index (κ3) is 4.51. The molecule has 0 N–H and O–H groups in total. The van der Waals surface area contributed by atoms with E-state index < -0.39 is 0 Å². The zero-order valence-corrected chi connectivity index (χ0v) is 18.2. The van der Waals surface area contributed by atoms with Crippen molar-refractivity contribution in [1.29, 1.82) is 0 Å². The molecule has 0 aliphatic carbocycles. The molecule has 1 saturated heterocycles. The first-order valence-corrected chi connectivity index (χ1v) is 11.3. The Hall–Kier alpha value is -2.69. The fourth-order valence-corrected chi connectivity index (χ4v) is 4.80. The van der Waals surface area contributed by atoms with Crippen LogP contribution in [-0.2, 0) is 24.3 Å². The summed E-state index contributed by atoms with van der Waals surface area (Å²) in [6.07, 6.45) is 5.27. The number of benzene rings is 2. The van der Waals surface area contributed by atoms with Crippen molar-refractivity contribution < 1.29 is 9.47 Å². The van der Waals surface area contributed by atoms with E-state index in [2.05, 4.69) is 53.2 Å². The van der Waals surface area contributed by atoms with E-state index in [1.165, 1.54) is 16.7 Å². The first kappa shape index (κ1) is 20.2. The second kappa shape index (κ2) is 9.21. The number of para-hydroxylation sites is 1. The predicted octanol–water partition coefficient (Wildman–Crippen LogP) is 5.17. The Bertz CT molecular complexity index is 1030. The van der Waals surface area contributed by atoms with Gasteiger partial charge in [0.2, 0.25) is 0 Å². The molecule has 0 spiro atoms. The van der Waals surface area contributed by atoms with Crippen molar-refractivity contribution in [3.8, 4) is 17.0 Å². The lowest BCUT2D eigenvalue weighted by Gasteiger charge is -2.37. The average Bonchev–Trinajstić information content (AvgIpc) is 2.84. The van der Waals surface area contributed by atoms with Crippen LogP contribution in [0, 0.1) is 6.92 Å². The van der Waals surface area contributed by atoms with Gasteiger partial charge in [-0.2, -0.15) is 0 Å². The minimum atomic E-state index is 0.571. The number of aromatic nitrogens is 1. The Morgan fingerprint density at radius 3 is 2.77 bits per heavy atom. The van der Waals surface area contributed by atoms with Crippen LogP contribution < -0.4 is 4.74 Å². The van der Waals surface area contributed by atoms with E-state index in [0.29, 0.717) is 12.6 Å². The van der Waals surface area contributed by atoms with Crippen molar-refractivity contribution in [2.75, 3.05) is 19.8 Å². The number of rotatable bonds is 5. The van der Waals surface area contributed by atoms with Gasteiger partial charge in [-0.05, 0) is 66.6 Å². The summed E-state index contributed by atoms with van der Waals surface area (Å²) >= 11 is 0. The molecule has 5 rings (SSSR count). The van der Waals surface area contributed by atoms with Crippen LogP contribution in [0.2, 0.25) is 0 Å².